The van der Waals surface area contributed by atoms with Gasteiger partial charge in [-0.15, -0.1) is 0 Å². The van der Waals surface area contributed by atoms with Crippen LogP contribution in [0.5, 0.6) is 5.75 Å². The Labute approximate surface area is 123 Å². The lowest BCUT2D eigenvalue weighted by molar-refractivity contribution is -0.123. The number of hydrogen-bond donors (Lipinski definition) is 1. The maximum Gasteiger partial charge on any atom is 0.277 e. The summed E-state index contributed by atoms with van der Waals surface area (Å²) < 4.78 is 5.39. The van der Waals surface area contributed by atoms with Crippen LogP contribution in [0.15, 0.2) is 53.8 Å². The SMILES string of the molecule is C/C(=N\NC(=O)COc1cccc(C)c1)c1ccccn1. The molecule has 0 saturated heterocycles. The van der Waals surface area contributed by atoms with E-state index in [1.807, 2.05) is 49.4 Å². The summed E-state index contributed by atoms with van der Waals surface area (Å²) in [6.45, 7) is 3.67. The molecule has 1 aromatic heterocycles. The number of nitrogens with zero attached hydrogens (tertiary/aromatic N) is 2. The molecule has 21 heavy (non-hydrogen) atoms. The molecule has 2 aromatic rings. The molecule has 0 fully saturated rings. The minimum Gasteiger partial charge on any atom is -0.484 e. The van der Waals surface area contributed by atoms with Gasteiger partial charge in [-0.3, -0.25) is 9.78 Å². The van der Waals surface area contributed by atoms with Crippen LogP contribution in [-0.2, 0) is 4.79 Å². The van der Waals surface area contributed by atoms with E-state index >= 15 is 0 Å². The number of nitrogens with one attached hydrogen (secondary N) is 1. The molecule has 0 aliphatic heterocycles. The highest BCUT2D eigenvalue weighted by molar-refractivity contribution is 5.97. The van der Waals surface area contributed by atoms with Crippen LogP contribution in [0.25, 0.3) is 0 Å². The predicted molar refractivity (Wildman–Crippen MR) is 81.3 cm³/mol. The third-order valence-corrected chi connectivity index (χ3v) is 2.74. The van der Waals surface area contributed by atoms with E-state index < -0.39 is 0 Å². The zero-order valence-corrected chi connectivity index (χ0v) is 12.0. The van der Waals surface area contributed by atoms with E-state index in [1.165, 1.54) is 0 Å². The molecule has 0 aliphatic carbocycles. The number of ether oxygens (including phenoxy) is 1. The molecule has 0 spiro atoms. The maximum atomic E-state index is 11.7. The molecule has 1 amide bonds. The minimum absolute atomic E-state index is 0.0809. The molecule has 0 unspecified atom stereocenters. The highest BCUT2D eigenvalue weighted by Crippen LogP contribution is 2.11. The van der Waals surface area contributed by atoms with Gasteiger partial charge in [0.25, 0.3) is 5.91 Å². The van der Waals surface area contributed by atoms with Crippen LogP contribution in [0.4, 0.5) is 0 Å². The Morgan fingerprint density at radius 2 is 2.14 bits per heavy atom. The quantitative estimate of drug-likeness (QED) is 0.676. The Kier molecular flexibility index (Phi) is 5.04. The third-order valence-electron chi connectivity index (χ3n) is 2.74. The maximum absolute atomic E-state index is 11.7. The summed E-state index contributed by atoms with van der Waals surface area (Å²) in [6, 6.07) is 13.0. The summed E-state index contributed by atoms with van der Waals surface area (Å²) in [5.74, 6) is 0.349. The molecule has 0 saturated carbocycles. The Hall–Kier alpha value is -2.69. The Balaban J connectivity index is 1.85. The van der Waals surface area contributed by atoms with Crippen molar-refractivity contribution in [3.05, 3.63) is 59.9 Å². The first-order valence-corrected chi connectivity index (χ1v) is 6.59. The van der Waals surface area contributed by atoms with Gasteiger partial charge in [0.2, 0.25) is 0 Å². The smallest absolute Gasteiger partial charge is 0.277 e. The molecule has 0 aliphatic rings. The second-order valence-electron chi connectivity index (χ2n) is 4.55. The summed E-state index contributed by atoms with van der Waals surface area (Å²) in [7, 11) is 0. The average molecular weight is 283 g/mol. The van der Waals surface area contributed by atoms with E-state index in [1.54, 1.807) is 13.1 Å². The van der Waals surface area contributed by atoms with Crippen molar-refractivity contribution in [3.8, 4) is 5.75 Å². The zero-order chi connectivity index (χ0) is 15.1. The summed E-state index contributed by atoms with van der Waals surface area (Å²) in [5.41, 5.74) is 4.89. The van der Waals surface area contributed by atoms with Crippen LogP contribution in [0.2, 0.25) is 0 Å². The van der Waals surface area contributed by atoms with E-state index in [9.17, 15) is 4.79 Å². The number of carbonyl (C=O) groups excluding carboxylic acids is 1. The van der Waals surface area contributed by atoms with Crippen molar-refractivity contribution in [2.45, 2.75) is 13.8 Å². The van der Waals surface area contributed by atoms with Crippen molar-refractivity contribution in [3.63, 3.8) is 0 Å². The number of hydrazone groups is 1. The number of hydrogen-bond acceptors (Lipinski definition) is 4. The Morgan fingerprint density at radius 3 is 2.86 bits per heavy atom. The van der Waals surface area contributed by atoms with Crippen molar-refractivity contribution in [1.82, 2.24) is 10.4 Å². The molecule has 2 rings (SSSR count). The molecule has 1 N–H and O–H groups in total. The molecule has 1 aromatic carbocycles. The fourth-order valence-electron chi connectivity index (χ4n) is 1.67. The van der Waals surface area contributed by atoms with Gasteiger partial charge in [0.05, 0.1) is 11.4 Å². The fourth-order valence-corrected chi connectivity index (χ4v) is 1.67. The number of amides is 1. The lowest BCUT2D eigenvalue weighted by atomic mass is 10.2. The number of carbonyl (C=O) groups is 1. The number of aromatic nitrogens is 1. The highest BCUT2D eigenvalue weighted by atomic mass is 16.5. The van der Waals surface area contributed by atoms with Gasteiger partial charge in [0.15, 0.2) is 6.61 Å². The summed E-state index contributed by atoms with van der Waals surface area (Å²) >= 11 is 0. The van der Waals surface area contributed by atoms with Crippen LogP contribution in [0.1, 0.15) is 18.2 Å². The molecule has 0 radical (unpaired) electrons. The van der Waals surface area contributed by atoms with E-state index in [0.29, 0.717) is 11.5 Å². The summed E-state index contributed by atoms with van der Waals surface area (Å²) in [5, 5.41) is 4.00. The van der Waals surface area contributed by atoms with Gasteiger partial charge < -0.3 is 4.74 Å². The second-order valence-corrected chi connectivity index (χ2v) is 4.55. The molecule has 108 valence electrons. The van der Waals surface area contributed by atoms with Gasteiger partial charge >= 0.3 is 0 Å². The van der Waals surface area contributed by atoms with Crippen molar-refractivity contribution in [2.24, 2.45) is 5.10 Å². The Morgan fingerprint density at radius 1 is 1.29 bits per heavy atom. The normalized spacial score (nSPS) is 11.0. The van der Waals surface area contributed by atoms with Gasteiger partial charge in [0, 0.05) is 6.20 Å². The second kappa shape index (κ2) is 7.19. The van der Waals surface area contributed by atoms with Crippen molar-refractivity contribution in [2.75, 3.05) is 6.61 Å². The molecule has 5 heteroatoms. The van der Waals surface area contributed by atoms with Crippen molar-refractivity contribution < 1.29 is 9.53 Å². The molecule has 1 heterocycles. The number of aryl methyl sites for hydroxylation is 1. The van der Waals surface area contributed by atoms with E-state index in [-0.39, 0.29) is 12.5 Å². The monoisotopic (exact) mass is 283 g/mol. The van der Waals surface area contributed by atoms with Crippen LogP contribution >= 0.6 is 0 Å². The standard InChI is InChI=1S/C16H17N3O2/c1-12-6-5-7-14(10-12)21-11-16(20)19-18-13(2)15-8-3-4-9-17-15/h3-10H,11H2,1-2H3,(H,19,20)/b18-13+. The van der Waals surface area contributed by atoms with E-state index in [4.69, 9.17) is 4.74 Å². The van der Waals surface area contributed by atoms with Gasteiger partial charge in [-0.1, -0.05) is 18.2 Å². The lowest BCUT2D eigenvalue weighted by Gasteiger charge is -2.06. The van der Waals surface area contributed by atoms with Crippen LogP contribution in [0.3, 0.4) is 0 Å². The minimum atomic E-state index is -0.313. The lowest BCUT2D eigenvalue weighted by Crippen LogP contribution is -2.25. The van der Waals surface area contributed by atoms with E-state index in [2.05, 4.69) is 15.5 Å². The van der Waals surface area contributed by atoms with Crippen LogP contribution < -0.4 is 10.2 Å². The summed E-state index contributed by atoms with van der Waals surface area (Å²) in [4.78, 5) is 15.8. The molecular weight excluding hydrogens is 266 g/mol. The first-order chi connectivity index (χ1) is 10.1. The highest BCUT2D eigenvalue weighted by Gasteiger charge is 2.03. The van der Waals surface area contributed by atoms with Gasteiger partial charge in [-0.05, 0) is 43.7 Å². The average Bonchev–Trinajstić information content (AvgIpc) is 2.51. The first-order valence-electron chi connectivity index (χ1n) is 6.59. The Bertz CT molecular complexity index is 639. The van der Waals surface area contributed by atoms with Crippen LogP contribution in [0, 0.1) is 6.92 Å². The van der Waals surface area contributed by atoms with Gasteiger partial charge in [-0.2, -0.15) is 5.10 Å². The number of pyridine rings is 1. The zero-order valence-electron chi connectivity index (χ0n) is 12.0. The molecule has 0 atom stereocenters. The number of rotatable bonds is 5. The fraction of sp³-hybridized carbons (Fsp3) is 0.188. The van der Waals surface area contributed by atoms with Crippen molar-refractivity contribution in [1.29, 1.82) is 0 Å². The molecule has 0 bridgehead atoms. The molecule has 5 nitrogen and oxygen atoms in total. The predicted octanol–water partition coefficient (Wildman–Crippen LogP) is 2.31. The van der Waals surface area contributed by atoms with E-state index in [0.717, 1.165) is 11.3 Å². The van der Waals surface area contributed by atoms with Crippen molar-refractivity contribution >= 4 is 11.6 Å². The molecular formula is C16H17N3O2. The largest absolute Gasteiger partial charge is 0.484 e. The van der Waals surface area contributed by atoms with Crippen LogP contribution in [-0.4, -0.2) is 23.2 Å². The summed E-state index contributed by atoms with van der Waals surface area (Å²) in [6.07, 6.45) is 1.68. The first kappa shape index (κ1) is 14.7. The number of benzene rings is 1. The van der Waals surface area contributed by atoms with Gasteiger partial charge in [0.1, 0.15) is 5.75 Å². The van der Waals surface area contributed by atoms with Gasteiger partial charge in [-0.25, -0.2) is 5.43 Å². The topological polar surface area (TPSA) is 63.6 Å². The third kappa shape index (κ3) is 4.72.